The van der Waals surface area contributed by atoms with Crippen molar-refractivity contribution in [3.05, 3.63) is 41.6 Å². The average Bonchev–Trinajstić information content (AvgIpc) is 2.26. The highest BCUT2D eigenvalue weighted by Crippen LogP contribution is 2.28. The van der Waals surface area contributed by atoms with Crippen LogP contribution >= 0.6 is 12.2 Å². The van der Waals surface area contributed by atoms with Gasteiger partial charge in [0, 0.05) is 5.70 Å². The number of nitrogens with one attached hydrogen (secondary N) is 1. The Balaban J connectivity index is 2.54. The Kier molecular flexibility index (Phi) is 3.32. The standard InChI is InChI=1S/C14H16N2O2S/c1-9-8-14(2,3)15-13(19)16(9)11-7-5-4-6-10(11)12(17)18/h4-8H,1-3H3,(H,15,19)(H,17,18). The molecule has 0 saturated heterocycles. The summed E-state index contributed by atoms with van der Waals surface area (Å²) < 4.78 is 0. The van der Waals surface area contributed by atoms with Crippen molar-refractivity contribution >= 4 is 29.0 Å². The topological polar surface area (TPSA) is 52.6 Å². The number of thiocarbonyl (C=S) groups is 1. The molecule has 2 rings (SSSR count). The van der Waals surface area contributed by atoms with Crippen LogP contribution in [0.4, 0.5) is 5.69 Å². The molecular weight excluding hydrogens is 260 g/mol. The molecule has 4 nitrogen and oxygen atoms in total. The predicted molar refractivity (Wildman–Crippen MR) is 79.5 cm³/mol. The van der Waals surface area contributed by atoms with Gasteiger partial charge in [0.15, 0.2) is 5.11 Å². The van der Waals surface area contributed by atoms with E-state index >= 15 is 0 Å². The minimum absolute atomic E-state index is 0.226. The summed E-state index contributed by atoms with van der Waals surface area (Å²) >= 11 is 5.36. The molecule has 0 saturated carbocycles. The average molecular weight is 276 g/mol. The summed E-state index contributed by atoms with van der Waals surface area (Å²) in [7, 11) is 0. The van der Waals surface area contributed by atoms with Crippen molar-refractivity contribution in [2.75, 3.05) is 4.90 Å². The molecule has 0 aromatic heterocycles. The first-order valence-electron chi connectivity index (χ1n) is 5.96. The second-order valence-corrected chi connectivity index (χ2v) is 5.48. The van der Waals surface area contributed by atoms with Crippen molar-refractivity contribution in [2.24, 2.45) is 0 Å². The number of allylic oxidation sites excluding steroid dienone is 1. The van der Waals surface area contributed by atoms with Crippen LogP contribution in [0.2, 0.25) is 0 Å². The third-order valence-corrected chi connectivity index (χ3v) is 3.21. The van der Waals surface area contributed by atoms with Gasteiger partial charge in [-0.15, -0.1) is 0 Å². The highest BCUT2D eigenvalue weighted by molar-refractivity contribution is 7.80. The molecule has 1 aromatic carbocycles. The molecule has 100 valence electrons. The number of carboxylic acids is 1. The first-order valence-corrected chi connectivity index (χ1v) is 6.37. The molecule has 2 N–H and O–H groups in total. The molecule has 0 amide bonds. The lowest BCUT2D eigenvalue weighted by Crippen LogP contribution is -2.53. The minimum atomic E-state index is -0.962. The molecule has 0 fully saturated rings. The summed E-state index contributed by atoms with van der Waals surface area (Å²) in [4.78, 5) is 13.0. The van der Waals surface area contributed by atoms with Crippen molar-refractivity contribution in [1.29, 1.82) is 0 Å². The summed E-state index contributed by atoms with van der Waals surface area (Å²) in [5, 5.41) is 13.0. The predicted octanol–water partition coefficient (Wildman–Crippen LogP) is 2.76. The van der Waals surface area contributed by atoms with E-state index in [1.165, 1.54) is 0 Å². The summed E-state index contributed by atoms with van der Waals surface area (Å²) in [6, 6.07) is 6.84. The number of rotatable bonds is 2. The van der Waals surface area contributed by atoms with Gasteiger partial charge >= 0.3 is 5.97 Å². The van der Waals surface area contributed by atoms with E-state index in [4.69, 9.17) is 12.2 Å². The molecule has 0 unspecified atom stereocenters. The lowest BCUT2D eigenvalue weighted by atomic mass is 10.0. The number of hydrogen-bond donors (Lipinski definition) is 2. The molecule has 19 heavy (non-hydrogen) atoms. The number of benzene rings is 1. The fourth-order valence-corrected chi connectivity index (χ4v) is 2.77. The molecular formula is C14H16N2O2S. The zero-order valence-corrected chi connectivity index (χ0v) is 11.9. The summed E-state index contributed by atoms with van der Waals surface area (Å²) in [6.07, 6.45) is 2.03. The zero-order chi connectivity index (χ0) is 14.2. The van der Waals surface area contributed by atoms with Gasteiger partial charge in [0.1, 0.15) is 0 Å². The maximum absolute atomic E-state index is 11.3. The normalized spacial score (nSPS) is 17.7. The molecule has 0 bridgehead atoms. The molecule has 1 aromatic rings. The van der Waals surface area contributed by atoms with Gasteiger partial charge in [-0.25, -0.2) is 4.79 Å². The fourth-order valence-electron chi connectivity index (χ4n) is 2.26. The van der Waals surface area contributed by atoms with Crippen molar-refractivity contribution in [2.45, 2.75) is 26.3 Å². The maximum atomic E-state index is 11.3. The number of aromatic carboxylic acids is 1. The van der Waals surface area contributed by atoms with Crippen LogP contribution in [0, 0.1) is 0 Å². The smallest absolute Gasteiger partial charge is 0.337 e. The quantitative estimate of drug-likeness (QED) is 0.813. The Morgan fingerprint density at radius 2 is 2.00 bits per heavy atom. The largest absolute Gasteiger partial charge is 0.478 e. The molecule has 0 atom stereocenters. The monoisotopic (exact) mass is 276 g/mol. The van der Waals surface area contributed by atoms with Crippen LogP contribution in [0.3, 0.4) is 0 Å². The SMILES string of the molecule is CC1=CC(C)(C)NC(=S)N1c1ccccc1C(=O)O. The second kappa shape index (κ2) is 4.66. The van der Waals surface area contributed by atoms with E-state index < -0.39 is 5.97 Å². The third kappa shape index (κ3) is 2.61. The number of hydrogen-bond acceptors (Lipinski definition) is 2. The van der Waals surface area contributed by atoms with Gasteiger partial charge in [0.2, 0.25) is 0 Å². The van der Waals surface area contributed by atoms with Gasteiger partial charge < -0.3 is 10.4 Å². The van der Waals surface area contributed by atoms with Crippen LogP contribution in [-0.2, 0) is 0 Å². The van der Waals surface area contributed by atoms with E-state index in [9.17, 15) is 9.90 Å². The molecule has 1 heterocycles. The third-order valence-electron chi connectivity index (χ3n) is 2.93. The summed E-state index contributed by atoms with van der Waals surface area (Å²) in [6.45, 7) is 5.96. The highest BCUT2D eigenvalue weighted by Gasteiger charge is 2.29. The van der Waals surface area contributed by atoms with E-state index in [2.05, 4.69) is 5.32 Å². The number of carboxylic acid groups (broad SMARTS) is 1. The first kappa shape index (κ1) is 13.5. The van der Waals surface area contributed by atoms with Crippen molar-refractivity contribution in [3.63, 3.8) is 0 Å². The van der Waals surface area contributed by atoms with Crippen molar-refractivity contribution in [3.8, 4) is 0 Å². The minimum Gasteiger partial charge on any atom is -0.478 e. The molecule has 1 aliphatic rings. The van der Waals surface area contributed by atoms with Gasteiger partial charge in [-0.1, -0.05) is 12.1 Å². The number of carbonyl (C=O) groups is 1. The Hall–Kier alpha value is -1.88. The van der Waals surface area contributed by atoms with Gasteiger partial charge in [-0.2, -0.15) is 0 Å². The molecule has 1 aliphatic heterocycles. The Morgan fingerprint density at radius 3 is 2.58 bits per heavy atom. The lowest BCUT2D eigenvalue weighted by Gasteiger charge is -2.38. The lowest BCUT2D eigenvalue weighted by molar-refractivity contribution is 0.0698. The molecule has 5 heteroatoms. The summed E-state index contributed by atoms with van der Waals surface area (Å²) in [5.41, 5.74) is 1.51. The molecule has 0 spiro atoms. The van der Waals surface area contributed by atoms with Gasteiger partial charge in [-0.05, 0) is 51.2 Å². The second-order valence-electron chi connectivity index (χ2n) is 5.10. The van der Waals surface area contributed by atoms with Crippen LogP contribution < -0.4 is 10.2 Å². The van der Waals surface area contributed by atoms with Crippen LogP contribution in [0.25, 0.3) is 0 Å². The molecule has 0 aliphatic carbocycles. The fraction of sp³-hybridized carbons (Fsp3) is 0.286. The Labute approximate surface area is 117 Å². The van der Waals surface area contributed by atoms with Crippen LogP contribution in [0.15, 0.2) is 36.0 Å². The Morgan fingerprint density at radius 1 is 1.37 bits per heavy atom. The summed E-state index contributed by atoms with van der Waals surface area (Å²) in [5.74, 6) is -0.962. The number of anilines is 1. The Bertz CT molecular complexity index is 579. The number of para-hydroxylation sites is 1. The van der Waals surface area contributed by atoms with Crippen LogP contribution in [0.5, 0.6) is 0 Å². The zero-order valence-electron chi connectivity index (χ0n) is 11.1. The van der Waals surface area contributed by atoms with Crippen LogP contribution in [0.1, 0.15) is 31.1 Å². The number of nitrogens with zero attached hydrogens (tertiary/aromatic N) is 1. The highest BCUT2D eigenvalue weighted by atomic mass is 32.1. The van der Waals surface area contributed by atoms with E-state index in [0.29, 0.717) is 10.8 Å². The van der Waals surface area contributed by atoms with Gasteiger partial charge in [0.25, 0.3) is 0 Å². The van der Waals surface area contributed by atoms with Gasteiger partial charge in [0.05, 0.1) is 16.8 Å². The molecule has 0 radical (unpaired) electrons. The van der Waals surface area contributed by atoms with E-state index in [-0.39, 0.29) is 11.1 Å². The van der Waals surface area contributed by atoms with Crippen LogP contribution in [-0.4, -0.2) is 21.7 Å². The maximum Gasteiger partial charge on any atom is 0.337 e. The van der Waals surface area contributed by atoms with E-state index in [0.717, 1.165) is 5.70 Å². The van der Waals surface area contributed by atoms with Crippen molar-refractivity contribution in [1.82, 2.24) is 5.32 Å². The first-order chi connectivity index (χ1) is 8.82. The van der Waals surface area contributed by atoms with E-state index in [1.54, 1.807) is 29.2 Å². The van der Waals surface area contributed by atoms with Gasteiger partial charge in [-0.3, -0.25) is 4.90 Å². The van der Waals surface area contributed by atoms with E-state index in [1.807, 2.05) is 26.8 Å². The van der Waals surface area contributed by atoms with Crippen molar-refractivity contribution < 1.29 is 9.90 Å².